The summed E-state index contributed by atoms with van der Waals surface area (Å²) in [4.78, 5) is 13.2. The topological polar surface area (TPSA) is 85.7 Å². The molecule has 0 aliphatic carbocycles. The number of hydrogen-bond donors (Lipinski definition) is 2. The first-order valence-electron chi connectivity index (χ1n) is 3.51. The van der Waals surface area contributed by atoms with E-state index < -0.39 is 12.1 Å². The number of nitrogens with zero attached hydrogens (tertiary/aromatic N) is 2. The summed E-state index contributed by atoms with van der Waals surface area (Å²) < 4.78 is 0. The third-order valence-corrected chi connectivity index (χ3v) is 1.57. The van der Waals surface area contributed by atoms with Crippen LogP contribution in [0.5, 0.6) is 0 Å². The van der Waals surface area contributed by atoms with Gasteiger partial charge in [-0.25, -0.2) is 4.79 Å². The van der Waals surface area contributed by atoms with Crippen LogP contribution in [-0.2, 0) is 4.79 Å². The lowest BCUT2D eigenvalue weighted by atomic mass is 10.1. The quantitative estimate of drug-likeness (QED) is 0.669. The average Bonchev–Trinajstić information content (AvgIpc) is 2.16. The first-order chi connectivity index (χ1) is 6.16. The molecule has 5 heteroatoms. The van der Waals surface area contributed by atoms with Gasteiger partial charge in [0.15, 0.2) is 11.1 Å². The Labute approximate surface area is 73.9 Å². The molecule has 0 saturated heterocycles. The number of rotatable bonds is 2. The summed E-state index contributed by atoms with van der Waals surface area (Å²) in [7, 11) is 0. The number of carboxylic acid groups (broad SMARTS) is 1. The zero-order chi connectivity index (χ0) is 9.84. The van der Waals surface area contributed by atoms with Crippen LogP contribution in [-0.4, -0.2) is 16.2 Å². The molecule has 0 radical (unpaired) electrons. The fourth-order valence-corrected chi connectivity index (χ4v) is 0.943. The minimum absolute atomic E-state index is 0.0531. The molecule has 0 amide bonds. The number of carbonyl (C=O) groups is 1. The van der Waals surface area contributed by atoms with Crippen LogP contribution in [0.3, 0.4) is 0 Å². The van der Waals surface area contributed by atoms with Gasteiger partial charge in [-0.15, -0.1) is 0 Å². The molecule has 5 nitrogen and oxygen atoms in total. The summed E-state index contributed by atoms with van der Waals surface area (Å²) in [6.45, 7) is 0. The lowest BCUT2D eigenvalue weighted by Gasteiger charge is -2.01. The molecule has 0 bridgehead atoms. The molecule has 0 aliphatic heterocycles. The Bertz CT molecular complexity index is 370. The third-order valence-electron chi connectivity index (χ3n) is 1.57. The Kier molecular flexibility index (Phi) is 2.57. The Morgan fingerprint density at radius 3 is 2.62 bits per heavy atom. The SMILES string of the molecule is N#[N+]c1ccccc1C(O)C(=O)O. The van der Waals surface area contributed by atoms with E-state index in [-0.39, 0.29) is 11.3 Å². The monoisotopic (exact) mass is 179 g/mol. The second kappa shape index (κ2) is 3.65. The van der Waals surface area contributed by atoms with E-state index in [9.17, 15) is 4.79 Å². The van der Waals surface area contributed by atoms with Crippen LogP contribution in [0, 0.1) is 5.39 Å². The minimum atomic E-state index is -1.66. The van der Waals surface area contributed by atoms with Crippen molar-refractivity contribution in [1.82, 2.24) is 0 Å². The highest BCUT2D eigenvalue weighted by Gasteiger charge is 2.25. The third kappa shape index (κ3) is 1.80. The first-order valence-corrected chi connectivity index (χ1v) is 3.51. The Morgan fingerprint density at radius 1 is 1.46 bits per heavy atom. The molecule has 1 atom stereocenters. The van der Waals surface area contributed by atoms with E-state index in [0.717, 1.165) is 0 Å². The van der Waals surface area contributed by atoms with Crippen LogP contribution in [0.2, 0.25) is 0 Å². The Hall–Kier alpha value is -1.93. The number of hydrogen-bond acceptors (Lipinski definition) is 3. The summed E-state index contributed by atoms with van der Waals surface area (Å²) in [5, 5.41) is 26.1. The number of aliphatic hydroxyl groups excluding tert-OH is 1. The minimum Gasteiger partial charge on any atom is -0.479 e. The van der Waals surface area contributed by atoms with Crippen molar-refractivity contribution in [3.8, 4) is 0 Å². The Balaban J connectivity index is 3.15. The fourth-order valence-electron chi connectivity index (χ4n) is 0.943. The predicted molar refractivity (Wildman–Crippen MR) is 43.8 cm³/mol. The molecule has 0 spiro atoms. The number of benzene rings is 1. The molecule has 1 aromatic rings. The number of aliphatic carboxylic acids is 1. The second-order valence-corrected chi connectivity index (χ2v) is 2.40. The molecule has 0 aromatic heterocycles. The van der Waals surface area contributed by atoms with Crippen molar-refractivity contribution < 1.29 is 15.0 Å². The highest BCUT2D eigenvalue weighted by molar-refractivity contribution is 5.77. The maximum absolute atomic E-state index is 10.4. The molecule has 13 heavy (non-hydrogen) atoms. The van der Waals surface area contributed by atoms with Crippen molar-refractivity contribution in [2.75, 3.05) is 0 Å². The molecule has 2 N–H and O–H groups in total. The van der Waals surface area contributed by atoms with Gasteiger partial charge in [-0.2, -0.15) is 0 Å². The van der Waals surface area contributed by atoms with Crippen molar-refractivity contribution in [2.24, 2.45) is 0 Å². The van der Waals surface area contributed by atoms with Crippen molar-refractivity contribution in [3.63, 3.8) is 0 Å². The zero-order valence-electron chi connectivity index (χ0n) is 6.58. The second-order valence-electron chi connectivity index (χ2n) is 2.40. The fraction of sp³-hybridized carbons (Fsp3) is 0.125. The van der Waals surface area contributed by atoms with Gasteiger partial charge in [0, 0.05) is 6.07 Å². The summed E-state index contributed by atoms with van der Waals surface area (Å²) in [6, 6.07) is 5.92. The normalized spacial score (nSPS) is 11.7. The van der Waals surface area contributed by atoms with E-state index in [2.05, 4.69) is 4.98 Å². The predicted octanol–water partition coefficient (Wildman–Crippen LogP) is 1.29. The van der Waals surface area contributed by atoms with Gasteiger partial charge in [0.2, 0.25) is 5.39 Å². The van der Waals surface area contributed by atoms with Crippen molar-refractivity contribution in [3.05, 3.63) is 34.8 Å². The van der Waals surface area contributed by atoms with Gasteiger partial charge in [-0.05, 0) is 6.07 Å². The van der Waals surface area contributed by atoms with Crippen LogP contribution in [0.1, 0.15) is 11.7 Å². The molecule has 66 valence electrons. The highest BCUT2D eigenvalue weighted by Crippen LogP contribution is 2.25. The van der Waals surface area contributed by atoms with Crippen LogP contribution in [0.25, 0.3) is 4.98 Å². The van der Waals surface area contributed by atoms with Crippen LogP contribution in [0.4, 0.5) is 5.69 Å². The summed E-state index contributed by atoms with van der Waals surface area (Å²) in [6.07, 6.45) is -1.66. The van der Waals surface area contributed by atoms with E-state index >= 15 is 0 Å². The number of diazo groups is 1. The molecule has 1 unspecified atom stereocenters. The average molecular weight is 179 g/mol. The van der Waals surface area contributed by atoms with E-state index in [1.54, 1.807) is 12.1 Å². The highest BCUT2D eigenvalue weighted by atomic mass is 16.4. The van der Waals surface area contributed by atoms with E-state index in [0.29, 0.717) is 0 Å². The summed E-state index contributed by atoms with van der Waals surface area (Å²) in [5.74, 6) is -1.38. The zero-order valence-corrected chi connectivity index (χ0v) is 6.58. The van der Waals surface area contributed by atoms with Crippen LogP contribution < -0.4 is 0 Å². The van der Waals surface area contributed by atoms with Gasteiger partial charge in [0.1, 0.15) is 0 Å². The van der Waals surface area contributed by atoms with Gasteiger partial charge in [-0.1, -0.05) is 12.1 Å². The van der Waals surface area contributed by atoms with Gasteiger partial charge in [-0.3, -0.25) is 0 Å². The van der Waals surface area contributed by atoms with E-state index in [4.69, 9.17) is 15.6 Å². The van der Waals surface area contributed by atoms with E-state index in [1.165, 1.54) is 12.1 Å². The van der Waals surface area contributed by atoms with Gasteiger partial charge < -0.3 is 10.2 Å². The van der Waals surface area contributed by atoms with E-state index in [1.807, 2.05) is 0 Å². The lowest BCUT2D eigenvalue weighted by molar-refractivity contribution is -0.146. The maximum atomic E-state index is 10.4. The number of carboxylic acids is 1. The van der Waals surface area contributed by atoms with Crippen molar-refractivity contribution in [1.29, 1.82) is 5.39 Å². The molecule has 0 saturated carbocycles. The molecule has 0 heterocycles. The van der Waals surface area contributed by atoms with Crippen molar-refractivity contribution in [2.45, 2.75) is 6.10 Å². The van der Waals surface area contributed by atoms with Gasteiger partial charge in [0.05, 0.1) is 5.56 Å². The molecule has 0 fully saturated rings. The molecular formula is C8H7N2O3+. The van der Waals surface area contributed by atoms with Crippen LogP contribution >= 0.6 is 0 Å². The van der Waals surface area contributed by atoms with Crippen molar-refractivity contribution >= 4 is 11.7 Å². The van der Waals surface area contributed by atoms with Crippen LogP contribution in [0.15, 0.2) is 24.3 Å². The maximum Gasteiger partial charge on any atom is 0.391 e. The molecule has 1 rings (SSSR count). The first kappa shape index (κ1) is 9.16. The lowest BCUT2D eigenvalue weighted by Crippen LogP contribution is -2.10. The molecule has 1 aromatic carbocycles. The molecule has 0 aliphatic rings. The Morgan fingerprint density at radius 2 is 2.08 bits per heavy atom. The molecular weight excluding hydrogens is 172 g/mol. The van der Waals surface area contributed by atoms with Gasteiger partial charge >= 0.3 is 11.7 Å². The smallest absolute Gasteiger partial charge is 0.391 e. The summed E-state index contributed by atoms with van der Waals surface area (Å²) in [5.41, 5.74) is 0.120. The van der Waals surface area contributed by atoms with Gasteiger partial charge in [0.25, 0.3) is 0 Å². The number of aliphatic hydroxyl groups is 1. The summed E-state index contributed by atoms with van der Waals surface area (Å²) >= 11 is 0. The standard InChI is InChI=1S/C8H6N2O3/c9-10-6-4-2-1-3-5(6)7(11)8(12)13/h1-4,7,11H/p+1. The largest absolute Gasteiger partial charge is 0.479 e.